The second-order valence-electron chi connectivity index (χ2n) is 7.05. The van der Waals surface area contributed by atoms with Crippen LogP contribution in [0.1, 0.15) is 68.0 Å². The minimum absolute atomic E-state index is 0.112. The molecule has 1 N–H and O–H groups in total. The van der Waals surface area contributed by atoms with Crippen LogP contribution >= 0.6 is 11.3 Å². The summed E-state index contributed by atoms with van der Waals surface area (Å²) in [4.78, 5) is 16.4. The van der Waals surface area contributed by atoms with E-state index in [4.69, 9.17) is 5.11 Å². The van der Waals surface area contributed by atoms with Crippen LogP contribution in [0.15, 0.2) is 0 Å². The Morgan fingerprint density at radius 2 is 1.90 bits per heavy atom. The summed E-state index contributed by atoms with van der Waals surface area (Å²) in [5.74, 6) is 0.581. The second-order valence-corrected chi connectivity index (χ2v) is 8.16. The summed E-state index contributed by atoms with van der Waals surface area (Å²) in [7, 11) is 0. The van der Waals surface area contributed by atoms with E-state index in [1.54, 1.807) is 11.3 Å². The highest BCUT2D eigenvalue weighted by molar-refractivity contribution is 7.11. The maximum Gasteiger partial charge on any atom is 0.308 e. The Hall–Kier alpha value is -0.900. The molecule has 112 valence electrons. The van der Waals surface area contributed by atoms with Crippen molar-refractivity contribution in [1.82, 2.24) is 4.98 Å². The molecule has 1 aliphatic rings. The lowest BCUT2D eigenvalue weighted by Gasteiger charge is -2.36. The highest BCUT2D eigenvalue weighted by atomic mass is 32.1. The Morgan fingerprint density at radius 3 is 2.40 bits per heavy atom. The van der Waals surface area contributed by atoms with E-state index in [2.05, 4.69) is 25.8 Å². The molecule has 0 atom stereocenters. The lowest BCUT2D eigenvalue weighted by atomic mass is 9.70. The monoisotopic (exact) mass is 295 g/mol. The zero-order valence-corrected chi connectivity index (χ0v) is 13.7. The molecule has 0 aliphatic heterocycles. The number of hydrogen-bond acceptors (Lipinski definition) is 3. The Kier molecular flexibility index (Phi) is 4.52. The summed E-state index contributed by atoms with van der Waals surface area (Å²) in [5.41, 5.74) is 1.31. The molecule has 0 aromatic carbocycles. The van der Waals surface area contributed by atoms with Crippen LogP contribution in [-0.4, -0.2) is 16.1 Å². The van der Waals surface area contributed by atoms with E-state index in [0.29, 0.717) is 11.3 Å². The van der Waals surface area contributed by atoms with Crippen molar-refractivity contribution in [2.75, 3.05) is 0 Å². The summed E-state index contributed by atoms with van der Waals surface area (Å²) in [6.07, 6.45) is 5.03. The maximum absolute atomic E-state index is 10.8. The molecule has 2 rings (SSSR count). The van der Waals surface area contributed by atoms with Gasteiger partial charge in [0, 0.05) is 10.8 Å². The molecule has 1 aromatic rings. The molecular formula is C16H25NO2S. The first-order valence-corrected chi connectivity index (χ1v) is 8.27. The Balaban J connectivity index is 2.02. The molecule has 1 aliphatic carbocycles. The molecule has 0 spiro atoms. The van der Waals surface area contributed by atoms with Gasteiger partial charge in [-0.15, -0.1) is 11.3 Å². The molecule has 1 heterocycles. The van der Waals surface area contributed by atoms with Gasteiger partial charge in [-0.2, -0.15) is 0 Å². The number of carboxylic acids is 1. The summed E-state index contributed by atoms with van der Waals surface area (Å²) in [6, 6.07) is 0. The molecule has 0 amide bonds. The summed E-state index contributed by atoms with van der Waals surface area (Å²) in [5, 5.41) is 10.1. The van der Waals surface area contributed by atoms with E-state index in [-0.39, 0.29) is 6.42 Å². The third-order valence-corrected chi connectivity index (χ3v) is 5.84. The molecule has 20 heavy (non-hydrogen) atoms. The average molecular weight is 295 g/mol. The average Bonchev–Trinajstić information content (AvgIpc) is 2.69. The standard InChI is InChI=1S/C16H25NO2S/c1-10-13(9-14(18)19)20-15(17-10)11-5-7-12(8-6-11)16(2,3)4/h11-12H,5-9H2,1-4H3,(H,18,19). The van der Waals surface area contributed by atoms with Crippen LogP contribution < -0.4 is 0 Å². The van der Waals surface area contributed by atoms with Gasteiger partial charge in [0.1, 0.15) is 0 Å². The first-order valence-electron chi connectivity index (χ1n) is 7.45. The summed E-state index contributed by atoms with van der Waals surface area (Å²) in [6.45, 7) is 8.92. The highest BCUT2D eigenvalue weighted by Crippen LogP contribution is 2.44. The number of nitrogens with zero attached hydrogens (tertiary/aromatic N) is 1. The van der Waals surface area contributed by atoms with Crippen molar-refractivity contribution < 1.29 is 9.90 Å². The SMILES string of the molecule is Cc1nc(C2CCC(C(C)(C)C)CC2)sc1CC(=O)O. The van der Waals surface area contributed by atoms with Crippen LogP contribution in [-0.2, 0) is 11.2 Å². The lowest BCUT2D eigenvalue weighted by Crippen LogP contribution is -2.25. The van der Waals surface area contributed by atoms with Gasteiger partial charge in [-0.05, 0) is 43.9 Å². The van der Waals surface area contributed by atoms with Gasteiger partial charge in [-0.3, -0.25) is 4.79 Å². The molecule has 0 saturated heterocycles. The highest BCUT2D eigenvalue weighted by Gasteiger charge is 2.31. The number of carboxylic acid groups (broad SMARTS) is 1. The molecule has 0 unspecified atom stereocenters. The molecule has 1 aromatic heterocycles. The molecule has 4 heteroatoms. The fourth-order valence-electron chi connectivity index (χ4n) is 3.13. The van der Waals surface area contributed by atoms with Gasteiger partial charge >= 0.3 is 5.97 Å². The van der Waals surface area contributed by atoms with Gasteiger partial charge in [0.15, 0.2) is 0 Å². The van der Waals surface area contributed by atoms with E-state index in [1.807, 2.05) is 6.92 Å². The van der Waals surface area contributed by atoms with Crippen molar-refractivity contribution in [2.45, 2.75) is 65.7 Å². The van der Waals surface area contributed by atoms with Crippen LogP contribution in [0.2, 0.25) is 0 Å². The zero-order valence-electron chi connectivity index (χ0n) is 12.9. The Morgan fingerprint density at radius 1 is 1.30 bits per heavy atom. The van der Waals surface area contributed by atoms with E-state index in [0.717, 1.165) is 21.5 Å². The van der Waals surface area contributed by atoms with Crippen LogP contribution in [0.4, 0.5) is 0 Å². The molecular weight excluding hydrogens is 270 g/mol. The predicted octanol–water partition coefficient (Wildman–Crippen LogP) is 4.40. The largest absolute Gasteiger partial charge is 0.481 e. The van der Waals surface area contributed by atoms with Crippen molar-refractivity contribution in [3.63, 3.8) is 0 Å². The number of rotatable bonds is 3. The second kappa shape index (κ2) is 5.84. The fraction of sp³-hybridized carbons (Fsp3) is 0.750. The van der Waals surface area contributed by atoms with Gasteiger partial charge in [-0.25, -0.2) is 4.98 Å². The maximum atomic E-state index is 10.8. The first-order chi connectivity index (χ1) is 9.27. The van der Waals surface area contributed by atoms with Crippen molar-refractivity contribution in [2.24, 2.45) is 11.3 Å². The molecule has 1 fully saturated rings. The number of aryl methyl sites for hydroxylation is 1. The van der Waals surface area contributed by atoms with Crippen LogP contribution in [0.25, 0.3) is 0 Å². The number of aliphatic carboxylic acids is 1. The zero-order chi connectivity index (χ0) is 14.9. The van der Waals surface area contributed by atoms with E-state index >= 15 is 0 Å². The van der Waals surface area contributed by atoms with E-state index < -0.39 is 5.97 Å². The van der Waals surface area contributed by atoms with Crippen LogP contribution in [0.5, 0.6) is 0 Å². The minimum atomic E-state index is -0.764. The molecule has 3 nitrogen and oxygen atoms in total. The first kappa shape index (κ1) is 15.5. The number of carbonyl (C=O) groups is 1. The molecule has 0 bridgehead atoms. The van der Waals surface area contributed by atoms with Gasteiger partial charge < -0.3 is 5.11 Å². The summed E-state index contributed by atoms with van der Waals surface area (Å²) < 4.78 is 0. The Bertz CT molecular complexity index is 479. The number of hydrogen-bond donors (Lipinski definition) is 1. The smallest absolute Gasteiger partial charge is 0.308 e. The van der Waals surface area contributed by atoms with E-state index in [9.17, 15) is 4.79 Å². The van der Waals surface area contributed by atoms with Gasteiger partial charge in [0.05, 0.1) is 17.1 Å². The number of thiazole rings is 1. The molecule has 1 saturated carbocycles. The van der Waals surface area contributed by atoms with Crippen LogP contribution in [0.3, 0.4) is 0 Å². The van der Waals surface area contributed by atoms with Crippen molar-refractivity contribution in [1.29, 1.82) is 0 Å². The third kappa shape index (κ3) is 3.60. The lowest BCUT2D eigenvalue weighted by molar-refractivity contribution is -0.136. The number of aromatic nitrogens is 1. The van der Waals surface area contributed by atoms with Gasteiger partial charge in [0.25, 0.3) is 0 Å². The normalized spacial score (nSPS) is 23.8. The Labute approximate surface area is 125 Å². The summed E-state index contributed by atoms with van der Waals surface area (Å²) >= 11 is 1.61. The van der Waals surface area contributed by atoms with E-state index in [1.165, 1.54) is 25.7 Å². The van der Waals surface area contributed by atoms with Crippen LogP contribution in [0, 0.1) is 18.3 Å². The van der Waals surface area contributed by atoms with Gasteiger partial charge in [0.2, 0.25) is 0 Å². The van der Waals surface area contributed by atoms with Crippen molar-refractivity contribution >= 4 is 17.3 Å². The van der Waals surface area contributed by atoms with Gasteiger partial charge in [-0.1, -0.05) is 20.8 Å². The van der Waals surface area contributed by atoms with Crippen molar-refractivity contribution in [3.8, 4) is 0 Å². The van der Waals surface area contributed by atoms with Crippen molar-refractivity contribution in [3.05, 3.63) is 15.6 Å². The fourth-order valence-corrected chi connectivity index (χ4v) is 4.36. The minimum Gasteiger partial charge on any atom is -0.481 e. The topological polar surface area (TPSA) is 50.2 Å². The predicted molar refractivity (Wildman–Crippen MR) is 82.3 cm³/mol. The molecule has 0 radical (unpaired) electrons. The quantitative estimate of drug-likeness (QED) is 0.899. The third-order valence-electron chi connectivity index (χ3n) is 4.52.